The second kappa shape index (κ2) is 11.3. The lowest BCUT2D eigenvalue weighted by atomic mass is 9.54. The van der Waals surface area contributed by atoms with Crippen LogP contribution in [0.1, 0.15) is 42.6 Å². The Morgan fingerprint density at radius 2 is 1.69 bits per heavy atom. The zero-order valence-corrected chi connectivity index (χ0v) is 21.7. The van der Waals surface area contributed by atoms with Gasteiger partial charge in [0.05, 0.1) is 28.6 Å². The lowest BCUT2D eigenvalue weighted by Crippen LogP contribution is -2.52. The Hall–Kier alpha value is -3.10. The maximum atomic E-state index is 12.6. The first kappa shape index (κ1) is 27.5. The molecule has 192 valence electrons. The minimum absolute atomic E-state index is 0.0504. The average Bonchev–Trinajstić information content (AvgIpc) is 2.81. The maximum absolute atomic E-state index is 12.6. The molecule has 0 aromatic heterocycles. The molecular weight excluding hydrogens is 507 g/mol. The summed E-state index contributed by atoms with van der Waals surface area (Å²) >= 11 is 12.2. The molecule has 0 heterocycles. The van der Waals surface area contributed by atoms with E-state index in [-0.39, 0.29) is 52.2 Å². The van der Waals surface area contributed by atoms with Gasteiger partial charge in [-0.3, -0.25) is 14.4 Å². The molecule has 2 aromatic rings. The van der Waals surface area contributed by atoms with E-state index in [2.05, 4.69) is 10.6 Å². The summed E-state index contributed by atoms with van der Waals surface area (Å²) in [4.78, 5) is 48.8. The van der Waals surface area contributed by atoms with Crippen molar-refractivity contribution >= 4 is 52.6 Å². The first-order valence-electron chi connectivity index (χ1n) is 11.4. The highest BCUT2D eigenvalue weighted by Crippen LogP contribution is 2.53. The van der Waals surface area contributed by atoms with Crippen molar-refractivity contribution in [3.63, 3.8) is 0 Å². The number of methoxy groups -OCH3 is 1. The van der Waals surface area contributed by atoms with E-state index in [0.29, 0.717) is 17.7 Å². The number of halogens is 2. The molecule has 10 heteroatoms. The van der Waals surface area contributed by atoms with E-state index >= 15 is 0 Å². The van der Waals surface area contributed by atoms with Crippen molar-refractivity contribution in [2.24, 2.45) is 17.3 Å². The number of carbonyl (C=O) groups excluding carboxylic acids is 3. The van der Waals surface area contributed by atoms with E-state index in [1.807, 2.05) is 13.8 Å². The maximum Gasteiger partial charge on any atom is 0.326 e. The topological polar surface area (TPSA) is 122 Å². The van der Waals surface area contributed by atoms with Gasteiger partial charge in [-0.2, -0.15) is 0 Å². The van der Waals surface area contributed by atoms with Crippen molar-refractivity contribution < 1.29 is 29.0 Å². The summed E-state index contributed by atoms with van der Waals surface area (Å²) in [5.74, 6) is -2.63. The number of hydrogen-bond acceptors (Lipinski definition) is 5. The highest BCUT2D eigenvalue weighted by atomic mass is 35.5. The summed E-state index contributed by atoms with van der Waals surface area (Å²) in [6, 6.07) is 10.2. The van der Waals surface area contributed by atoms with Crippen LogP contribution in [0.25, 0.3) is 0 Å². The third kappa shape index (κ3) is 6.17. The van der Waals surface area contributed by atoms with Crippen molar-refractivity contribution in [2.75, 3.05) is 12.4 Å². The standard InChI is InChI=1S/C26H28Cl2N2O6/c1-26(2)15(12-17(26)25(35)36-3)13-21(31)30-20(24(33)34)11-14-7-9-16(10-8-14)29-23(32)22-18(27)5-4-6-19(22)28/h4-10,15,17,20H,11-13H2,1-3H3,(H,29,32)(H,30,31)(H,33,34)/t15?,17?,20-/m0/s1. The molecule has 0 spiro atoms. The van der Waals surface area contributed by atoms with Crippen LogP contribution < -0.4 is 10.6 Å². The van der Waals surface area contributed by atoms with Crippen LogP contribution in [0.4, 0.5) is 5.69 Å². The van der Waals surface area contributed by atoms with Gasteiger partial charge in [0.2, 0.25) is 5.91 Å². The molecule has 2 unspecified atom stereocenters. The number of carbonyl (C=O) groups is 4. The summed E-state index contributed by atoms with van der Waals surface area (Å²) in [5.41, 5.74) is 0.887. The molecule has 0 saturated heterocycles. The zero-order valence-electron chi connectivity index (χ0n) is 20.1. The van der Waals surface area contributed by atoms with Gasteiger partial charge < -0.3 is 20.5 Å². The smallest absolute Gasteiger partial charge is 0.326 e. The number of rotatable bonds is 9. The van der Waals surface area contributed by atoms with Gasteiger partial charge in [-0.1, -0.05) is 55.2 Å². The Kier molecular flexibility index (Phi) is 8.63. The molecule has 36 heavy (non-hydrogen) atoms. The summed E-state index contributed by atoms with van der Waals surface area (Å²) in [6.45, 7) is 3.81. The number of esters is 1. The zero-order chi connectivity index (χ0) is 26.6. The largest absolute Gasteiger partial charge is 0.480 e. The molecule has 2 amide bonds. The molecule has 0 aliphatic heterocycles. The number of benzene rings is 2. The Balaban J connectivity index is 1.58. The molecule has 2 aromatic carbocycles. The summed E-state index contributed by atoms with van der Waals surface area (Å²) in [5, 5.41) is 15.4. The van der Waals surface area contributed by atoms with Gasteiger partial charge in [0.15, 0.2) is 0 Å². The molecule has 3 atom stereocenters. The lowest BCUT2D eigenvalue weighted by Gasteiger charge is -2.50. The van der Waals surface area contributed by atoms with Crippen molar-refractivity contribution in [3.05, 3.63) is 63.6 Å². The number of carboxylic acids is 1. The summed E-state index contributed by atoms with van der Waals surface area (Å²) in [7, 11) is 1.34. The van der Waals surface area contributed by atoms with E-state index in [1.54, 1.807) is 42.5 Å². The normalized spacial score (nSPS) is 18.9. The third-order valence-corrected chi connectivity index (χ3v) is 7.49. The fourth-order valence-electron chi connectivity index (χ4n) is 4.45. The first-order valence-corrected chi connectivity index (χ1v) is 12.1. The molecule has 0 bridgehead atoms. The van der Waals surface area contributed by atoms with Gasteiger partial charge >= 0.3 is 11.9 Å². The van der Waals surface area contributed by atoms with Gasteiger partial charge in [0.1, 0.15) is 6.04 Å². The fourth-order valence-corrected chi connectivity index (χ4v) is 5.02. The van der Waals surface area contributed by atoms with E-state index in [1.165, 1.54) is 7.11 Å². The number of anilines is 1. The number of nitrogens with one attached hydrogen (secondary N) is 2. The van der Waals surface area contributed by atoms with Gasteiger partial charge in [-0.05, 0) is 47.6 Å². The number of amides is 2. The summed E-state index contributed by atoms with van der Waals surface area (Å²) < 4.78 is 4.82. The second-order valence-corrected chi connectivity index (χ2v) is 10.3. The van der Waals surface area contributed by atoms with Crippen LogP contribution in [0.3, 0.4) is 0 Å². The van der Waals surface area contributed by atoms with E-state index in [9.17, 15) is 24.3 Å². The molecule has 8 nitrogen and oxygen atoms in total. The van der Waals surface area contributed by atoms with Crippen molar-refractivity contribution in [2.45, 2.75) is 39.2 Å². The van der Waals surface area contributed by atoms with Crippen LogP contribution in [0, 0.1) is 17.3 Å². The predicted octanol–water partition coefficient (Wildman–Crippen LogP) is 4.58. The number of carboxylic acid groups (broad SMARTS) is 1. The SMILES string of the molecule is COC(=O)C1CC(CC(=O)N[C@@H](Cc2ccc(NC(=O)c3c(Cl)cccc3Cl)cc2)C(=O)O)C1(C)C. The lowest BCUT2D eigenvalue weighted by molar-refractivity contribution is -0.164. The van der Waals surface area contributed by atoms with Gasteiger partial charge in [0.25, 0.3) is 5.91 Å². The van der Waals surface area contributed by atoms with E-state index in [4.69, 9.17) is 27.9 Å². The minimum Gasteiger partial charge on any atom is -0.480 e. The van der Waals surface area contributed by atoms with Crippen molar-refractivity contribution in [1.82, 2.24) is 5.32 Å². The van der Waals surface area contributed by atoms with Crippen LogP contribution in [-0.4, -0.2) is 42.0 Å². The number of hydrogen-bond donors (Lipinski definition) is 3. The quantitative estimate of drug-likeness (QED) is 0.404. The van der Waals surface area contributed by atoms with Crippen molar-refractivity contribution in [1.29, 1.82) is 0 Å². The number of ether oxygens (including phenoxy) is 1. The van der Waals surface area contributed by atoms with Gasteiger partial charge in [-0.25, -0.2) is 4.79 Å². The molecule has 1 aliphatic carbocycles. The van der Waals surface area contributed by atoms with Crippen LogP contribution in [0.2, 0.25) is 10.0 Å². The van der Waals surface area contributed by atoms with Crippen LogP contribution >= 0.6 is 23.2 Å². The Morgan fingerprint density at radius 1 is 1.08 bits per heavy atom. The fraction of sp³-hybridized carbons (Fsp3) is 0.385. The second-order valence-electron chi connectivity index (χ2n) is 9.44. The molecule has 1 aliphatic rings. The highest BCUT2D eigenvalue weighted by molar-refractivity contribution is 6.40. The van der Waals surface area contributed by atoms with Gasteiger partial charge in [-0.15, -0.1) is 0 Å². The molecule has 1 fully saturated rings. The van der Waals surface area contributed by atoms with Crippen LogP contribution in [-0.2, 0) is 25.5 Å². The third-order valence-electron chi connectivity index (χ3n) is 6.86. The Bertz CT molecular complexity index is 1150. The number of aliphatic carboxylic acids is 1. The Morgan fingerprint density at radius 3 is 2.22 bits per heavy atom. The van der Waals surface area contributed by atoms with Crippen LogP contribution in [0.5, 0.6) is 0 Å². The highest BCUT2D eigenvalue weighted by Gasteiger charge is 2.52. The predicted molar refractivity (Wildman–Crippen MR) is 136 cm³/mol. The average molecular weight is 535 g/mol. The Labute approximate surface area is 219 Å². The molecule has 3 rings (SSSR count). The van der Waals surface area contributed by atoms with Gasteiger partial charge in [0, 0.05) is 18.5 Å². The molecule has 3 N–H and O–H groups in total. The first-order chi connectivity index (χ1) is 16.9. The van der Waals surface area contributed by atoms with Crippen LogP contribution in [0.15, 0.2) is 42.5 Å². The summed E-state index contributed by atoms with van der Waals surface area (Å²) in [6.07, 6.45) is 0.710. The minimum atomic E-state index is -1.16. The van der Waals surface area contributed by atoms with E-state index < -0.39 is 23.3 Å². The monoisotopic (exact) mass is 534 g/mol. The van der Waals surface area contributed by atoms with Crippen molar-refractivity contribution in [3.8, 4) is 0 Å². The molecular formula is C26H28Cl2N2O6. The van der Waals surface area contributed by atoms with E-state index in [0.717, 1.165) is 0 Å². The molecule has 1 saturated carbocycles. The molecule has 0 radical (unpaired) electrons.